The molecule has 0 aromatic carbocycles. The number of nitrogens with zero attached hydrogens (tertiary/aromatic N) is 2. The minimum absolute atomic E-state index is 0.0160. The number of ether oxygens (including phenoxy) is 1. The molecule has 1 fully saturated rings. The third-order valence-electron chi connectivity index (χ3n) is 2.74. The predicted octanol–water partition coefficient (Wildman–Crippen LogP) is 0.886. The normalized spacial score (nSPS) is 22.6. The lowest BCUT2D eigenvalue weighted by molar-refractivity contribution is 0.0478. The first-order valence-electron chi connectivity index (χ1n) is 5.76. The summed E-state index contributed by atoms with van der Waals surface area (Å²) in [5.41, 5.74) is 0. The van der Waals surface area contributed by atoms with E-state index in [-0.39, 0.29) is 24.1 Å². The van der Waals surface area contributed by atoms with Crippen LogP contribution in [0, 0.1) is 0 Å². The highest BCUT2D eigenvalue weighted by molar-refractivity contribution is 7.91. The van der Waals surface area contributed by atoms with Crippen molar-refractivity contribution in [1.82, 2.24) is 10.2 Å². The van der Waals surface area contributed by atoms with Crippen LogP contribution in [0.1, 0.15) is 48.0 Å². The lowest BCUT2D eigenvalue weighted by Crippen LogP contribution is -2.21. The molecule has 0 bridgehead atoms. The average molecular weight is 274 g/mol. The fourth-order valence-electron chi connectivity index (χ4n) is 1.87. The van der Waals surface area contributed by atoms with E-state index in [0.29, 0.717) is 12.8 Å². The summed E-state index contributed by atoms with van der Waals surface area (Å²) in [5, 5.41) is 6.37. The van der Waals surface area contributed by atoms with Crippen molar-refractivity contribution in [1.29, 1.82) is 0 Å². The second kappa shape index (κ2) is 5.05. The Kier molecular flexibility index (Phi) is 3.65. The maximum atomic E-state index is 11.8. The van der Waals surface area contributed by atoms with Gasteiger partial charge in [0.15, 0.2) is 9.84 Å². The van der Waals surface area contributed by atoms with Crippen molar-refractivity contribution in [2.75, 3.05) is 12.4 Å². The molecule has 18 heavy (non-hydrogen) atoms. The number of carbonyl (C=O) groups excluding carboxylic acids is 1. The summed E-state index contributed by atoms with van der Waals surface area (Å²) in [6, 6.07) is 0. The van der Waals surface area contributed by atoms with Gasteiger partial charge in [0.25, 0.3) is 0 Å². The Morgan fingerprint density at radius 1 is 1.44 bits per heavy atom. The Hall–Kier alpha value is -1.44. The monoisotopic (exact) mass is 274 g/mol. The smallest absolute Gasteiger partial charge is 0.396 e. The molecule has 0 N–H and O–H groups in total. The van der Waals surface area contributed by atoms with Crippen LogP contribution in [0.5, 0.6) is 0 Å². The predicted molar refractivity (Wildman–Crippen MR) is 60.6 cm³/mol. The fraction of sp³-hybridized carbons (Fsp3) is 0.700. The number of hydrogen-bond acceptors (Lipinski definition) is 7. The van der Waals surface area contributed by atoms with E-state index in [2.05, 4.69) is 10.2 Å². The van der Waals surface area contributed by atoms with Crippen LogP contribution in [0.15, 0.2) is 4.42 Å². The molecule has 2 heterocycles. The van der Waals surface area contributed by atoms with Crippen LogP contribution in [0.3, 0.4) is 0 Å². The molecule has 8 heteroatoms. The molecule has 1 aliphatic heterocycles. The van der Waals surface area contributed by atoms with Crippen LogP contribution in [-0.2, 0) is 14.6 Å². The average Bonchev–Trinajstić information content (AvgIpc) is 2.78. The number of sulfone groups is 1. The largest absolute Gasteiger partial charge is 0.459 e. The second-order valence-corrected chi connectivity index (χ2v) is 6.32. The third kappa shape index (κ3) is 2.53. The van der Waals surface area contributed by atoms with Crippen molar-refractivity contribution in [3.05, 3.63) is 11.8 Å². The summed E-state index contributed by atoms with van der Waals surface area (Å²) >= 11 is 0. The fourth-order valence-corrected chi connectivity index (χ4v) is 3.69. The Labute approximate surface area is 104 Å². The highest BCUT2D eigenvalue weighted by Crippen LogP contribution is 2.32. The number of carbonyl (C=O) groups is 1. The molecule has 0 amide bonds. The summed E-state index contributed by atoms with van der Waals surface area (Å²) in [6.07, 6.45) is 1.89. The molecule has 1 aliphatic rings. The number of hydrogen-bond donors (Lipinski definition) is 0. The summed E-state index contributed by atoms with van der Waals surface area (Å²) in [6.45, 7) is 1.85. The van der Waals surface area contributed by atoms with Crippen LogP contribution in [0.25, 0.3) is 0 Å². The van der Waals surface area contributed by atoms with E-state index in [1.54, 1.807) is 6.92 Å². The van der Waals surface area contributed by atoms with Gasteiger partial charge in [-0.25, -0.2) is 13.2 Å². The van der Waals surface area contributed by atoms with Crippen LogP contribution in [-0.4, -0.2) is 36.9 Å². The molecule has 1 aromatic heterocycles. The zero-order chi connectivity index (χ0) is 13.2. The first-order chi connectivity index (χ1) is 8.54. The molecule has 100 valence electrons. The van der Waals surface area contributed by atoms with Crippen molar-refractivity contribution >= 4 is 15.8 Å². The van der Waals surface area contributed by atoms with Gasteiger partial charge in [0.1, 0.15) is 5.25 Å². The van der Waals surface area contributed by atoms with Crippen LogP contribution < -0.4 is 0 Å². The Balaban J connectivity index is 2.21. The molecule has 0 aliphatic carbocycles. The van der Waals surface area contributed by atoms with E-state index < -0.39 is 21.1 Å². The van der Waals surface area contributed by atoms with E-state index >= 15 is 0 Å². The molecule has 1 aromatic rings. The third-order valence-corrected chi connectivity index (χ3v) is 4.91. The van der Waals surface area contributed by atoms with Gasteiger partial charge in [0.2, 0.25) is 5.89 Å². The molecule has 7 nitrogen and oxygen atoms in total. The van der Waals surface area contributed by atoms with Gasteiger partial charge in [0, 0.05) is 0 Å². The molecule has 0 spiro atoms. The lowest BCUT2D eigenvalue weighted by atomic mass is 10.2. The van der Waals surface area contributed by atoms with Gasteiger partial charge >= 0.3 is 11.9 Å². The molecule has 0 saturated carbocycles. The number of aromatic nitrogens is 2. The van der Waals surface area contributed by atoms with Crippen molar-refractivity contribution < 1.29 is 22.4 Å². The summed E-state index contributed by atoms with van der Waals surface area (Å²) in [4.78, 5) is 11.3. The summed E-state index contributed by atoms with van der Waals surface area (Å²) in [7, 11) is -3.25. The maximum Gasteiger partial charge on any atom is 0.396 e. The van der Waals surface area contributed by atoms with E-state index in [1.807, 2.05) is 0 Å². The molecule has 1 saturated heterocycles. The summed E-state index contributed by atoms with van der Waals surface area (Å²) < 4.78 is 33.5. The van der Waals surface area contributed by atoms with Gasteiger partial charge in [-0.2, -0.15) is 0 Å². The van der Waals surface area contributed by atoms with Gasteiger partial charge in [0.05, 0.1) is 12.4 Å². The minimum Gasteiger partial charge on any atom is -0.459 e. The lowest BCUT2D eigenvalue weighted by Gasteiger charge is -2.18. The van der Waals surface area contributed by atoms with Crippen molar-refractivity contribution in [3.8, 4) is 0 Å². The van der Waals surface area contributed by atoms with Gasteiger partial charge in [-0.3, -0.25) is 0 Å². The van der Waals surface area contributed by atoms with Crippen molar-refractivity contribution in [3.63, 3.8) is 0 Å². The van der Waals surface area contributed by atoms with Crippen molar-refractivity contribution in [2.45, 2.75) is 31.4 Å². The minimum atomic E-state index is -3.25. The van der Waals surface area contributed by atoms with Gasteiger partial charge in [-0.15, -0.1) is 10.2 Å². The quantitative estimate of drug-likeness (QED) is 0.754. The van der Waals surface area contributed by atoms with Crippen LogP contribution in [0.4, 0.5) is 0 Å². The molecule has 1 atom stereocenters. The Morgan fingerprint density at radius 3 is 2.89 bits per heavy atom. The number of esters is 1. The second-order valence-electron chi connectivity index (χ2n) is 4.02. The zero-order valence-corrected chi connectivity index (χ0v) is 10.8. The van der Waals surface area contributed by atoms with E-state index in [0.717, 1.165) is 6.42 Å². The first-order valence-corrected chi connectivity index (χ1v) is 7.48. The molecular formula is C10H14N2O5S. The highest BCUT2D eigenvalue weighted by Gasteiger charge is 2.35. The van der Waals surface area contributed by atoms with Gasteiger partial charge < -0.3 is 9.15 Å². The van der Waals surface area contributed by atoms with Gasteiger partial charge in [-0.1, -0.05) is 6.42 Å². The molecule has 2 rings (SSSR count). The summed E-state index contributed by atoms with van der Waals surface area (Å²) in [5.74, 6) is -0.927. The maximum absolute atomic E-state index is 11.8. The van der Waals surface area contributed by atoms with Crippen LogP contribution in [0.2, 0.25) is 0 Å². The zero-order valence-electron chi connectivity index (χ0n) is 9.96. The van der Waals surface area contributed by atoms with Crippen LogP contribution >= 0.6 is 0 Å². The van der Waals surface area contributed by atoms with E-state index in [4.69, 9.17) is 9.15 Å². The van der Waals surface area contributed by atoms with Gasteiger partial charge in [-0.05, 0) is 19.8 Å². The Bertz CT molecular complexity index is 536. The number of rotatable bonds is 3. The van der Waals surface area contributed by atoms with E-state index in [9.17, 15) is 13.2 Å². The standard InChI is InChI=1S/C10H14N2O5S/c1-2-16-10(13)9-12-11-8(17-9)7-5-3-4-6-18(7,14)15/h7H,2-6H2,1H3. The molecular weight excluding hydrogens is 260 g/mol. The molecule has 1 unspecified atom stereocenters. The highest BCUT2D eigenvalue weighted by atomic mass is 32.2. The molecule has 0 radical (unpaired) electrons. The van der Waals surface area contributed by atoms with E-state index in [1.165, 1.54) is 0 Å². The SMILES string of the molecule is CCOC(=O)c1nnc(C2CCCCS2(=O)=O)o1. The van der Waals surface area contributed by atoms with Crippen molar-refractivity contribution in [2.24, 2.45) is 0 Å². The Morgan fingerprint density at radius 2 is 2.22 bits per heavy atom. The topological polar surface area (TPSA) is 99.4 Å². The first kappa shape index (κ1) is 13.0.